The molecule has 0 fully saturated rings. The minimum Gasteiger partial charge on any atom is -0.462 e. The minimum atomic E-state index is -0.762. The van der Waals surface area contributed by atoms with Gasteiger partial charge in [0, 0.05) is 12.8 Å². The van der Waals surface area contributed by atoms with Crippen molar-refractivity contribution < 1.29 is 24.2 Å². The Labute approximate surface area is 242 Å². The molecule has 39 heavy (non-hydrogen) atoms. The van der Waals surface area contributed by atoms with Gasteiger partial charge in [-0.3, -0.25) is 9.59 Å². The molecule has 0 heterocycles. The van der Waals surface area contributed by atoms with E-state index in [0.29, 0.717) is 12.8 Å². The zero-order valence-corrected chi connectivity index (χ0v) is 26.5. The lowest BCUT2D eigenvalue weighted by atomic mass is 10.00. The predicted molar refractivity (Wildman–Crippen MR) is 164 cm³/mol. The Hall–Kier alpha value is -1.10. The van der Waals surface area contributed by atoms with E-state index >= 15 is 0 Å². The van der Waals surface area contributed by atoms with Gasteiger partial charge >= 0.3 is 11.9 Å². The van der Waals surface area contributed by atoms with Crippen molar-refractivity contribution in [2.45, 2.75) is 181 Å². The van der Waals surface area contributed by atoms with Crippen molar-refractivity contribution in [2.24, 2.45) is 11.8 Å². The predicted octanol–water partition coefficient (Wildman–Crippen LogP) is 9.72. The second kappa shape index (κ2) is 28.4. The summed E-state index contributed by atoms with van der Waals surface area (Å²) < 4.78 is 10.5. The van der Waals surface area contributed by atoms with Crippen LogP contribution in [0, 0.1) is 11.8 Å². The Morgan fingerprint density at radius 3 is 1.44 bits per heavy atom. The average molecular weight is 555 g/mol. The van der Waals surface area contributed by atoms with Crippen LogP contribution in [0.4, 0.5) is 0 Å². The standard InChI is InChI=1S/C34H66O5/c1-5-31(4)25-21-17-14-15-19-23-27-34(37)39-32(28-35)29-38-33(36)26-22-18-13-11-9-7-6-8-10-12-16-20-24-30(2)3/h30-32,35H,5-29H2,1-4H3/t31?,32-/m0/s1. The van der Waals surface area contributed by atoms with E-state index in [1.165, 1.54) is 96.3 Å². The normalized spacial score (nSPS) is 13.0. The third-order valence-electron chi connectivity index (χ3n) is 7.87. The van der Waals surface area contributed by atoms with Gasteiger partial charge in [0.25, 0.3) is 0 Å². The molecule has 5 heteroatoms. The highest BCUT2D eigenvalue weighted by Gasteiger charge is 2.16. The topological polar surface area (TPSA) is 72.8 Å². The second-order valence-corrected chi connectivity index (χ2v) is 12.3. The van der Waals surface area contributed by atoms with Crippen molar-refractivity contribution in [1.82, 2.24) is 0 Å². The molecule has 0 aromatic carbocycles. The fourth-order valence-corrected chi connectivity index (χ4v) is 4.89. The second-order valence-electron chi connectivity index (χ2n) is 12.3. The largest absolute Gasteiger partial charge is 0.462 e. The van der Waals surface area contributed by atoms with Crippen LogP contribution < -0.4 is 0 Å². The molecule has 232 valence electrons. The van der Waals surface area contributed by atoms with E-state index in [4.69, 9.17) is 9.47 Å². The number of hydrogen-bond donors (Lipinski definition) is 1. The molecular formula is C34H66O5. The highest BCUT2D eigenvalue weighted by molar-refractivity contribution is 5.70. The van der Waals surface area contributed by atoms with Gasteiger partial charge in [0.2, 0.25) is 0 Å². The molecule has 0 rings (SSSR count). The maximum Gasteiger partial charge on any atom is 0.306 e. The molecule has 2 atom stereocenters. The van der Waals surface area contributed by atoms with E-state index in [-0.39, 0.29) is 25.2 Å². The maximum absolute atomic E-state index is 12.1. The summed E-state index contributed by atoms with van der Waals surface area (Å²) in [5.74, 6) is 1.08. The van der Waals surface area contributed by atoms with E-state index in [1.807, 2.05) is 0 Å². The molecule has 0 amide bonds. The number of ether oxygens (including phenoxy) is 2. The first-order valence-corrected chi connectivity index (χ1v) is 16.8. The van der Waals surface area contributed by atoms with E-state index in [0.717, 1.165) is 50.4 Å². The van der Waals surface area contributed by atoms with Crippen molar-refractivity contribution >= 4 is 11.9 Å². The number of aliphatic hydroxyl groups excluding tert-OH is 1. The molecule has 0 aliphatic carbocycles. The van der Waals surface area contributed by atoms with Gasteiger partial charge in [0.1, 0.15) is 6.61 Å². The summed E-state index contributed by atoms with van der Waals surface area (Å²) in [6.45, 7) is 8.78. The summed E-state index contributed by atoms with van der Waals surface area (Å²) in [7, 11) is 0. The molecule has 0 aliphatic rings. The van der Waals surface area contributed by atoms with Crippen LogP contribution in [0.25, 0.3) is 0 Å². The Bertz CT molecular complexity index is 548. The average Bonchev–Trinajstić information content (AvgIpc) is 2.92. The molecule has 0 aliphatic heterocycles. The number of rotatable bonds is 29. The molecule has 0 radical (unpaired) electrons. The SMILES string of the molecule is CCC(C)CCCCCCCCC(=O)O[C@@H](CO)COC(=O)CCCCCCCCCCCCCCC(C)C. The lowest BCUT2D eigenvalue weighted by Gasteiger charge is -2.15. The van der Waals surface area contributed by atoms with E-state index in [1.54, 1.807) is 0 Å². The first kappa shape index (κ1) is 37.9. The summed E-state index contributed by atoms with van der Waals surface area (Å²) in [6, 6.07) is 0. The summed E-state index contributed by atoms with van der Waals surface area (Å²) in [4.78, 5) is 24.1. The van der Waals surface area contributed by atoms with Crippen molar-refractivity contribution in [3.63, 3.8) is 0 Å². The van der Waals surface area contributed by atoms with Crippen molar-refractivity contribution in [3.8, 4) is 0 Å². The van der Waals surface area contributed by atoms with Crippen molar-refractivity contribution in [1.29, 1.82) is 0 Å². The molecule has 1 unspecified atom stereocenters. The number of carbonyl (C=O) groups excluding carboxylic acids is 2. The van der Waals surface area contributed by atoms with Gasteiger partial charge in [0.15, 0.2) is 6.10 Å². The first-order valence-electron chi connectivity index (χ1n) is 16.8. The maximum atomic E-state index is 12.1. The lowest BCUT2D eigenvalue weighted by molar-refractivity contribution is -0.161. The van der Waals surface area contributed by atoms with Crippen LogP contribution in [0.2, 0.25) is 0 Å². The Balaban J connectivity index is 3.55. The highest BCUT2D eigenvalue weighted by Crippen LogP contribution is 2.16. The fourth-order valence-electron chi connectivity index (χ4n) is 4.89. The summed E-state index contributed by atoms with van der Waals surface area (Å²) in [5.41, 5.74) is 0. The third-order valence-corrected chi connectivity index (χ3v) is 7.87. The number of hydrogen-bond acceptors (Lipinski definition) is 5. The van der Waals surface area contributed by atoms with Gasteiger partial charge in [-0.05, 0) is 24.7 Å². The van der Waals surface area contributed by atoms with Gasteiger partial charge in [-0.15, -0.1) is 0 Å². The quantitative estimate of drug-likeness (QED) is 0.0736. The first-order chi connectivity index (χ1) is 18.9. The number of aliphatic hydroxyl groups is 1. The van der Waals surface area contributed by atoms with Crippen LogP contribution in [0.15, 0.2) is 0 Å². The molecule has 1 N–H and O–H groups in total. The lowest BCUT2D eigenvalue weighted by Crippen LogP contribution is -2.28. The summed E-state index contributed by atoms with van der Waals surface area (Å²) in [5, 5.41) is 9.49. The molecule has 0 saturated heterocycles. The van der Waals surface area contributed by atoms with Crippen molar-refractivity contribution in [2.75, 3.05) is 13.2 Å². The van der Waals surface area contributed by atoms with Gasteiger partial charge in [-0.2, -0.15) is 0 Å². The third kappa shape index (κ3) is 28.2. The van der Waals surface area contributed by atoms with Gasteiger partial charge in [-0.1, -0.05) is 150 Å². The van der Waals surface area contributed by atoms with E-state index in [2.05, 4.69) is 27.7 Å². The number of unbranched alkanes of at least 4 members (excludes halogenated alkanes) is 16. The van der Waals surface area contributed by atoms with Crippen LogP contribution in [0.1, 0.15) is 175 Å². The molecule has 0 spiro atoms. The molecule has 0 aromatic heterocycles. The zero-order chi connectivity index (χ0) is 29.0. The minimum absolute atomic E-state index is 0.0605. The molecular weight excluding hydrogens is 488 g/mol. The molecule has 0 bridgehead atoms. The van der Waals surface area contributed by atoms with Gasteiger partial charge in [-0.25, -0.2) is 0 Å². The van der Waals surface area contributed by atoms with Gasteiger partial charge in [0.05, 0.1) is 6.61 Å². The summed E-state index contributed by atoms with van der Waals surface area (Å²) in [6.07, 6.45) is 25.9. The van der Waals surface area contributed by atoms with Gasteiger partial charge < -0.3 is 14.6 Å². The zero-order valence-electron chi connectivity index (χ0n) is 26.5. The number of esters is 2. The molecule has 0 aromatic rings. The van der Waals surface area contributed by atoms with Crippen LogP contribution in [0.3, 0.4) is 0 Å². The van der Waals surface area contributed by atoms with Crippen LogP contribution in [0.5, 0.6) is 0 Å². The fraction of sp³-hybridized carbons (Fsp3) is 0.941. The molecule has 0 saturated carbocycles. The van der Waals surface area contributed by atoms with E-state index < -0.39 is 6.10 Å². The Kier molecular flexibility index (Phi) is 27.6. The Morgan fingerprint density at radius 1 is 0.590 bits per heavy atom. The Morgan fingerprint density at radius 2 is 1.00 bits per heavy atom. The highest BCUT2D eigenvalue weighted by atomic mass is 16.6. The number of carbonyl (C=O) groups is 2. The smallest absolute Gasteiger partial charge is 0.306 e. The van der Waals surface area contributed by atoms with Crippen LogP contribution in [-0.4, -0.2) is 36.4 Å². The summed E-state index contributed by atoms with van der Waals surface area (Å²) >= 11 is 0. The molecule has 5 nitrogen and oxygen atoms in total. The van der Waals surface area contributed by atoms with Crippen molar-refractivity contribution in [3.05, 3.63) is 0 Å². The van der Waals surface area contributed by atoms with Crippen LogP contribution >= 0.6 is 0 Å². The monoisotopic (exact) mass is 554 g/mol. The van der Waals surface area contributed by atoms with E-state index in [9.17, 15) is 14.7 Å². The van der Waals surface area contributed by atoms with Crippen LogP contribution in [-0.2, 0) is 19.1 Å².